The van der Waals surface area contributed by atoms with E-state index in [2.05, 4.69) is 5.32 Å². The molecule has 0 aliphatic heterocycles. The molecule has 1 atom stereocenters. The molecule has 4 heteroatoms. The fourth-order valence-electron chi connectivity index (χ4n) is 1.36. The average molecular weight is 216 g/mol. The monoisotopic (exact) mass is 216 g/mol. The van der Waals surface area contributed by atoms with Crippen molar-refractivity contribution in [2.75, 3.05) is 40.0 Å². The van der Waals surface area contributed by atoms with Crippen LogP contribution in [-0.2, 0) is 9.47 Å². The van der Waals surface area contributed by atoms with Gasteiger partial charge in [-0.05, 0) is 31.7 Å². The Labute approximate surface area is 92.5 Å². The Morgan fingerprint density at radius 1 is 1.47 bits per heavy atom. The molecule has 1 saturated carbocycles. The number of rotatable bonds is 10. The van der Waals surface area contributed by atoms with Gasteiger partial charge in [-0.1, -0.05) is 0 Å². The highest BCUT2D eigenvalue weighted by Crippen LogP contribution is 2.28. The summed E-state index contributed by atoms with van der Waals surface area (Å²) in [6.45, 7) is 4.20. The zero-order chi connectivity index (χ0) is 10.9. The van der Waals surface area contributed by atoms with Gasteiger partial charge in [-0.3, -0.25) is 0 Å². The Bertz CT molecular complexity index is 148. The van der Waals surface area contributed by atoms with Crippen molar-refractivity contribution in [3.63, 3.8) is 0 Å². The van der Waals surface area contributed by atoms with E-state index < -0.39 is 0 Å². The average Bonchev–Trinajstić information content (AvgIpc) is 3.06. The van der Waals surface area contributed by atoms with Crippen LogP contribution >= 0.6 is 0 Å². The topological polar surface area (TPSA) is 56.5 Å². The van der Waals surface area contributed by atoms with Gasteiger partial charge in [0.2, 0.25) is 0 Å². The van der Waals surface area contributed by atoms with Crippen LogP contribution in [0.1, 0.15) is 19.3 Å². The molecule has 1 fully saturated rings. The SMILES string of the molecule is COC(CN)CNCCCOCC1CC1. The van der Waals surface area contributed by atoms with E-state index in [0.717, 1.165) is 38.6 Å². The molecule has 0 amide bonds. The maximum Gasteiger partial charge on any atom is 0.0817 e. The van der Waals surface area contributed by atoms with E-state index in [0.29, 0.717) is 6.54 Å². The molecule has 0 heterocycles. The van der Waals surface area contributed by atoms with E-state index in [9.17, 15) is 0 Å². The van der Waals surface area contributed by atoms with Crippen LogP contribution in [-0.4, -0.2) is 46.1 Å². The second kappa shape index (κ2) is 8.05. The zero-order valence-corrected chi connectivity index (χ0v) is 9.71. The molecule has 0 saturated heterocycles. The first-order valence-corrected chi connectivity index (χ1v) is 5.88. The third kappa shape index (κ3) is 6.84. The van der Waals surface area contributed by atoms with Crippen LogP contribution in [0.15, 0.2) is 0 Å². The van der Waals surface area contributed by atoms with E-state index in [1.54, 1.807) is 7.11 Å². The lowest BCUT2D eigenvalue weighted by Crippen LogP contribution is -2.34. The molecular weight excluding hydrogens is 192 g/mol. The summed E-state index contributed by atoms with van der Waals surface area (Å²) >= 11 is 0. The minimum absolute atomic E-state index is 0.136. The molecule has 0 aromatic rings. The van der Waals surface area contributed by atoms with E-state index in [4.69, 9.17) is 15.2 Å². The van der Waals surface area contributed by atoms with Gasteiger partial charge in [-0.25, -0.2) is 0 Å². The molecule has 0 aromatic carbocycles. The molecule has 15 heavy (non-hydrogen) atoms. The van der Waals surface area contributed by atoms with Gasteiger partial charge in [-0.2, -0.15) is 0 Å². The first-order valence-electron chi connectivity index (χ1n) is 5.88. The van der Waals surface area contributed by atoms with Crippen LogP contribution < -0.4 is 11.1 Å². The minimum atomic E-state index is 0.136. The van der Waals surface area contributed by atoms with Crippen molar-refractivity contribution in [1.82, 2.24) is 5.32 Å². The van der Waals surface area contributed by atoms with Crippen molar-refractivity contribution in [3.8, 4) is 0 Å². The van der Waals surface area contributed by atoms with Crippen LogP contribution in [0.4, 0.5) is 0 Å². The van der Waals surface area contributed by atoms with Crippen molar-refractivity contribution >= 4 is 0 Å². The summed E-state index contributed by atoms with van der Waals surface area (Å²) in [5, 5.41) is 3.31. The Morgan fingerprint density at radius 3 is 2.87 bits per heavy atom. The maximum atomic E-state index is 5.52. The normalized spacial score (nSPS) is 18.0. The van der Waals surface area contributed by atoms with Gasteiger partial charge in [0.15, 0.2) is 0 Å². The van der Waals surface area contributed by atoms with Crippen LogP contribution in [0.5, 0.6) is 0 Å². The summed E-state index contributed by atoms with van der Waals surface area (Å²) in [4.78, 5) is 0. The number of ether oxygens (including phenoxy) is 2. The lowest BCUT2D eigenvalue weighted by molar-refractivity contribution is 0.104. The van der Waals surface area contributed by atoms with Gasteiger partial charge >= 0.3 is 0 Å². The highest BCUT2D eigenvalue weighted by atomic mass is 16.5. The second-order valence-electron chi connectivity index (χ2n) is 4.17. The fraction of sp³-hybridized carbons (Fsp3) is 1.00. The van der Waals surface area contributed by atoms with Crippen LogP contribution in [0, 0.1) is 5.92 Å². The van der Waals surface area contributed by atoms with Gasteiger partial charge in [0.25, 0.3) is 0 Å². The molecule has 0 radical (unpaired) electrons. The highest BCUT2D eigenvalue weighted by molar-refractivity contribution is 4.71. The van der Waals surface area contributed by atoms with Crippen molar-refractivity contribution in [2.24, 2.45) is 11.7 Å². The molecule has 1 rings (SSSR count). The summed E-state index contributed by atoms with van der Waals surface area (Å²) in [5.41, 5.74) is 5.50. The van der Waals surface area contributed by atoms with E-state index >= 15 is 0 Å². The number of hydrogen-bond donors (Lipinski definition) is 2. The summed E-state index contributed by atoms with van der Waals surface area (Å²) in [6.07, 6.45) is 3.93. The zero-order valence-electron chi connectivity index (χ0n) is 9.71. The van der Waals surface area contributed by atoms with Gasteiger partial charge in [0.05, 0.1) is 6.10 Å². The first-order chi connectivity index (χ1) is 7.36. The second-order valence-corrected chi connectivity index (χ2v) is 4.17. The Balaban J connectivity index is 1.75. The lowest BCUT2D eigenvalue weighted by Gasteiger charge is -2.13. The van der Waals surface area contributed by atoms with Crippen LogP contribution in [0.2, 0.25) is 0 Å². The minimum Gasteiger partial charge on any atom is -0.381 e. The molecule has 0 aromatic heterocycles. The first kappa shape index (κ1) is 12.9. The number of nitrogens with two attached hydrogens (primary N) is 1. The standard InChI is InChI=1S/C11H24N2O2/c1-14-11(7-12)8-13-5-2-6-15-9-10-3-4-10/h10-11,13H,2-9,12H2,1H3. The van der Waals surface area contributed by atoms with Gasteiger partial charge in [0.1, 0.15) is 0 Å². The molecule has 3 N–H and O–H groups in total. The van der Waals surface area contributed by atoms with Crippen molar-refractivity contribution in [1.29, 1.82) is 0 Å². The van der Waals surface area contributed by atoms with Crippen molar-refractivity contribution in [3.05, 3.63) is 0 Å². The molecule has 1 aliphatic carbocycles. The smallest absolute Gasteiger partial charge is 0.0817 e. The molecule has 1 aliphatic rings. The Morgan fingerprint density at radius 2 is 2.27 bits per heavy atom. The van der Waals surface area contributed by atoms with Crippen molar-refractivity contribution < 1.29 is 9.47 Å². The van der Waals surface area contributed by atoms with E-state index in [1.165, 1.54) is 12.8 Å². The summed E-state index contributed by atoms with van der Waals surface area (Å²) in [5.74, 6) is 0.869. The Hall–Kier alpha value is -0.160. The van der Waals surface area contributed by atoms with Gasteiger partial charge < -0.3 is 20.5 Å². The third-order valence-corrected chi connectivity index (χ3v) is 2.66. The van der Waals surface area contributed by atoms with Gasteiger partial charge in [-0.15, -0.1) is 0 Å². The number of nitrogens with one attached hydrogen (secondary N) is 1. The van der Waals surface area contributed by atoms with Crippen LogP contribution in [0.3, 0.4) is 0 Å². The fourth-order valence-corrected chi connectivity index (χ4v) is 1.36. The summed E-state index contributed by atoms with van der Waals surface area (Å²) < 4.78 is 10.7. The molecule has 4 nitrogen and oxygen atoms in total. The molecule has 0 spiro atoms. The molecule has 1 unspecified atom stereocenters. The quantitative estimate of drug-likeness (QED) is 0.518. The summed E-state index contributed by atoms with van der Waals surface area (Å²) in [6, 6.07) is 0. The van der Waals surface area contributed by atoms with Crippen molar-refractivity contribution in [2.45, 2.75) is 25.4 Å². The molecule has 0 bridgehead atoms. The maximum absolute atomic E-state index is 5.52. The Kier molecular flexibility index (Phi) is 6.92. The van der Waals surface area contributed by atoms with Gasteiger partial charge in [0, 0.05) is 33.4 Å². The number of methoxy groups -OCH3 is 1. The highest BCUT2D eigenvalue weighted by Gasteiger charge is 2.20. The largest absolute Gasteiger partial charge is 0.381 e. The predicted molar refractivity (Wildman–Crippen MR) is 60.9 cm³/mol. The number of hydrogen-bond acceptors (Lipinski definition) is 4. The van der Waals surface area contributed by atoms with E-state index in [1.807, 2.05) is 0 Å². The summed E-state index contributed by atoms with van der Waals surface area (Å²) in [7, 11) is 1.69. The molecular formula is C11H24N2O2. The van der Waals surface area contributed by atoms with E-state index in [-0.39, 0.29) is 6.10 Å². The predicted octanol–water partition coefficient (Wildman–Crippen LogP) is 0.366. The molecule has 90 valence electrons. The van der Waals surface area contributed by atoms with Crippen LogP contribution in [0.25, 0.3) is 0 Å². The third-order valence-electron chi connectivity index (χ3n) is 2.66. The lowest BCUT2D eigenvalue weighted by atomic mass is 10.3.